The van der Waals surface area contributed by atoms with Crippen molar-refractivity contribution >= 4 is 52.4 Å². The Balaban J connectivity index is 1.62. The van der Waals surface area contributed by atoms with Gasteiger partial charge in [-0.2, -0.15) is 0 Å². The molecule has 3 N–H and O–H groups in total. The first kappa shape index (κ1) is 18.2. The molecule has 1 aliphatic rings. The van der Waals surface area contributed by atoms with Gasteiger partial charge in [-0.3, -0.25) is 14.9 Å². The van der Waals surface area contributed by atoms with Crippen LogP contribution in [0, 0.1) is 6.92 Å². The first-order chi connectivity index (χ1) is 12.4. The van der Waals surface area contributed by atoms with Crippen LogP contribution < -0.4 is 16.0 Å². The van der Waals surface area contributed by atoms with Crippen LogP contribution in [-0.4, -0.2) is 23.8 Å². The molecule has 0 radical (unpaired) electrons. The number of nitrogens with zero attached hydrogens (tertiary/aromatic N) is 1. The second-order valence-corrected chi connectivity index (χ2v) is 6.69. The second-order valence-electron chi connectivity index (χ2n) is 5.85. The van der Waals surface area contributed by atoms with E-state index < -0.39 is 6.04 Å². The summed E-state index contributed by atoms with van der Waals surface area (Å²) in [7, 11) is 0. The van der Waals surface area contributed by atoms with E-state index in [4.69, 9.17) is 23.2 Å². The Hall–Kier alpha value is -2.57. The second kappa shape index (κ2) is 7.76. The molecule has 0 aliphatic carbocycles. The van der Waals surface area contributed by atoms with Crippen LogP contribution >= 0.6 is 23.2 Å². The molecule has 0 spiro atoms. The maximum atomic E-state index is 12.1. The number of hydrogen-bond donors (Lipinski definition) is 3. The van der Waals surface area contributed by atoms with Gasteiger partial charge in [0.25, 0.3) is 5.91 Å². The van der Waals surface area contributed by atoms with Gasteiger partial charge in [-0.25, -0.2) is 4.99 Å². The average molecular weight is 391 g/mol. The molecule has 0 fully saturated rings. The maximum Gasteiger partial charge on any atom is 0.252 e. The predicted octanol–water partition coefficient (Wildman–Crippen LogP) is 3.60. The molecule has 0 saturated heterocycles. The van der Waals surface area contributed by atoms with Gasteiger partial charge in [-0.15, -0.1) is 0 Å². The lowest BCUT2D eigenvalue weighted by Gasteiger charge is -2.07. The summed E-state index contributed by atoms with van der Waals surface area (Å²) in [6.45, 7) is 1.96. The summed E-state index contributed by atoms with van der Waals surface area (Å²) in [6.07, 6.45) is -0.0563. The number of hydrogen-bond acceptors (Lipinski definition) is 4. The molecule has 2 aromatic carbocycles. The van der Waals surface area contributed by atoms with Crippen LogP contribution in [0.2, 0.25) is 10.0 Å². The van der Waals surface area contributed by atoms with E-state index in [1.54, 1.807) is 30.3 Å². The number of benzene rings is 2. The van der Waals surface area contributed by atoms with E-state index in [1.165, 1.54) is 0 Å². The fourth-order valence-electron chi connectivity index (χ4n) is 2.39. The van der Waals surface area contributed by atoms with Crippen LogP contribution in [0.5, 0.6) is 0 Å². The lowest BCUT2D eigenvalue weighted by molar-refractivity contribution is -0.123. The Morgan fingerprint density at radius 3 is 2.62 bits per heavy atom. The van der Waals surface area contributed by atoms with E-state index in [2.05, 4.69) is 20.9 Å². The molecular weight excluding hydrogens is 375 g/mol. The van der Waals surface area contributed by atoms with Gasteiger partial charge in [0.15, 0.2) is 0 Å². The van der Waals surface area contributed by atoms with Crippen molar-refractivity contribution in [3.8, 4) is 0 Å². The number of guanidine groups is 1. The molecule has 0 aromatic heterocycles. The fraction of sp³-hybridized carbons (Fsp3) is 0.167. The summed E-state index contributed by atoms with van der Waals surface area (Å²) < 4.78 is 0. The number of anilines is 2. The Labute approximate surface area is 160 Å². The molecule has 3 rings (SSSR count). The molecule has 6 nitrogen and oxygen atoms in total. The van der Waals surface area contributed by atoms with Gasteiger partial charge in [-0.05, 0) is 37.3 Å². The summed E-state index contributed by atoms with van der Waals surface area (Å²) in [6, 6.07) is 11.5. The van der Waals surface area contributed by atoms with E-state index in [0.717, 1.165) is 5.56 Å². The highest BCUT2D eigenvalue weighted by Gasteiger charge is 2.28. The lowest BCUT2D eigenvalue weighted by atomic mass is 10.2. The van der Waals surface area contributed by atoms with Crippen molar-refractivity contribution in [1.29, 1.82) is 0 Å². The predicted molar refractivity (Wildman–Crippen MR) is 104 cm³/mol. The van der Waals surface area contributed by atoms with Crippen molar-refractivity contribution in [2.24, 2.45) is 4.99 Å². The molecular formula is C18H16Cl2N4O2. The normalized spacial score (nSPS) is 16.0. The van der Waals surface area contributed by atoms with Crippen LogP contribution in [0.15, 0.2) is 47.5 Å². The van der Waals surface area contributed by atoms with Gasteiger partial charge in [0.05, 0.1) is 17.1 Å². The molecule has 0 unspecified atom stereocenters. The first-order valence-corrected chi connectivity index (χ1v) is 8.63. The SMILES string of the molecule is Cc1ccc(NC(=O)C[C@H]2N=C(Nc3ccc(Cl)cc3Cl)NC2=O)cc1. The number of nitrogens with one attached hydrogen (secondary N) is 3. The summed E-state index contributed by atoms with van der Waals surface area (Å²) in [5, 5.41) is 9.17. The maximum absolute atomic E-state index is 12.1. The van der Waals surface area contributed by atoms with Crippen molar-refractivity contribution in [2.75, 3.05) is 10.6 Å². The van der Waals surface area contributed by atoms with E-state index in [0.29, 0.717) is 21.4 Å². The third-order valence-electron chi connectivity index (χ3n) is 3.73. The lowest BCUT2D eigenvalue weighted by Crippen LogP contribution is -2.33. The third kappa shape index (κ3) is 4.53. The number of carbonyl (C=O) groups is 2. The minimum absolute atomic E-state index is 0.0563. The van der Waals surface area contributed by atoms with Gasteiger partial charge in [0.2, 0.25) is 11.9 Å². The Bertz CT molecular complexity index is 881. The van der Waals surface area contributed by atoms with E-state index >= 15 is 0 Å². The van der Waals surface area contributed by atoms with Crippen molar-refractivity contribution in [3.63, 3.8) is 0 Å². The van der Waals surface area contributed by atoms with Crippen molar-refractivity contribution < 1.29 is 9.59 Å². The topological polar surface area (TPSA) is 82.6 Å². The Kier molecular flexibility index (Phi) is 5.44. The average Bonchev–Trinajstić information content (AvgIpc) is 2.92. The smallest absolute Gasteiger partial charge is 0.252 e. The van der Waals surface area contributed by atoms with Crippen molar-refractivity contribution in [1.82, 2.24) is 5.32 Å². The number of rotatable bonds is 4. The number of aliphatic imine (C=N–C) groups is 1. The van der Waals surface area contributed by atoms with Gasteiger partial charge >= 0.3 is 0 Å². The highest BCUT2D eigenvalue weighted by Crippen LogP contribution is 2.25. The number of aryl methyl sites for hydroxylation is 1. The Morgan fingerprint density at radius 2 is 1.92 bits per heavy atom. The molecule has 1 aliphatic heterocycles. The van der Waals surface area contributed by atoms with Gasteiger partial charge in [0.1, 0.15) is 6.04 Å². The monoisotopic (exact) mass is 390 g/mol. The quantitative estimate of drug-likeness (QED) is 0.745. The standard InChI is InChI=1S/C18H16Cl2N4O2/c1-10-2-5-12(6-3-10)21-16(25)9-15-17(26)24-18(23-15)22-14-7-4-11(19)8-13(14)20/h2-8,15H,9H2,1H3,(H,21,25)(H2,22,23,24,26)/t15-/m1/s1. The zero-order valence-electron chi connectivity index (χ0n) is 13.8. The molecule has 1 atom stereocenters. The van der Waals surface area contributed by atoms with Crippen LogP contribution in [0.25, 0.3) is 0 Å². The zero-order valence-corrected chi connectivity index (χ0v) is 15.4. The van der Waals surface area contributed by atoms with E-state index in [1.807, 2.05) is 19.1 Å². The summed E-state index contributed by atoms with van der Waals surface area (Å²) in [5.74, 6) is -0.396. The number of amides is 2. The van der Waals surface area contributed by atoms with Crippen molar-refractivity contribution in [2.45, 2.75) is 19.4 Å². The minimum atomic E-state index is -0.797. The van der Waals surface area contributed by atoms with Gasteiger partial charge in [0, 0.05) is 10.7 Å². The van der Waals surface area contributed by atoms with Crippen LogP contribution in [0.4, 0.5) is 11.4 Å². The molecule has 2 amide bonds. The molecule has 134 valence electrons. The third-order valence-corrected chi connectivity index (χ3v) is 4.28. The number of carbonyl (C=O) groups excluding carboxylic acids is 2. The zero-order chi connectivity index (χ0) is 18.7. The van der Waals surface area contributed by atoms with Gasteiger partial charge in [-0.1, -0.05) is 40.9 Å². The Morgan fingerprint density at radius 1 is 1.19 bits per heavy atom. The minimum Gasteiger partial charge on any atom is -0.326 e. The van der Waals surface area contributed by atoms with Crippen LogP contribution in [0.3, 0.4) is 0 Å². The van der Waals surface area contributed by atoms with Crippen LogP contribution in [-0.2, 0) is 9.59 Å². The summed E-state index contributed by atoms with van der Waals surface area (Å²) >= 11 is 11.9. The number of halogens is 2. The highest BCUT2D eigenvalue weighted by molar-refractivity contribution is 6.36. The highest BCUT2D eigenvalue weighted by atomic mass is 35.5. The van der Waals surface area contributed by atoms with Crippen LogP contribution in [0.1, 0.15) is 12.0 Å². The van der Waals surface area contributed by atoms with E-state index in [-0.39, 0.29) is 24.2 Å². The molecule has 2 aromatic rings. The molecule has 0 saturated carbocycles. The van der Waals surface area contributed by atoms with E-state index in [9.17, 15) is 9.59 Å². The molecule has 1 heterocycles. The summed E-state index contributed by atoms with van der Waals surface area (Å²) in [4.78, 5) is 28.4. The largest absolute Gasteiger partial charge is 0.326 e. The first-order valence-electron chi connectivity index (χ1n) is 7.88. The molecule has 0 bridgehead atoms. The van der Waals surface area contributed by atoms with Gasteiger partial charge < -0.3 is 10.6 Å². The summed E-state index contributed by atoms with van der Waals surface area (Å²) in [5.41, 5.74) is 2.33. The molecule has 26 heavy (non-hydrogen) atoms. The van der Waals surface area contributed by atoms with Crippen molar-refractivity contribution in [3.05, 3.63) is 58.1 Å². The fourth-order valence-corrected chi connectivity index (χ4v) is 2.85. The molecule has 8 heteroatoms.